The lowest BCUT2D eigenvalue weighted by molar-refractivity contribution is 0.204. The number of aryl methyl sites for hydroxylation is 2. The van der Waals surface area contributed by atoms with E-state index in [-0.39, 0.29) is 5.41 Å². The molecule has 0 amide bonds. The Balaban J connectivity index is 2.96. The molecule has 0 aliphatic carbocycles. The number of rotatable bonds is 6. The highest BCUT2D eigenvalue weighted by molar-refractivity contribution is 6.31. The lowest BCUT2D eigenvalue weighted by atomic mass is 9.75. The summed E-state index contributed by atoms with van der Waals surface area (Å²) in [6.07, 6.45) is 0.952. The Morgan fingerprint density at radius 2 is 2.06 bits per heavy atom. The molecular formula is C14H26ClN3. The van der Waals surface area contributed by atoms with E-state index in [9.17, 15) is 0 Å². The minimum Gasteiger partial charge on any atom is -0.316 e. The maximum atomic E-state index is 6.36. The van der Waals surface area contributed by atoms with Crippen LogP contribution in [-0.2, 0) is 13.5 Å². The Bertz CT molecular complexity index is 398. The van der Waals surface area contributed by atoms with Gasteiger partial charge < -0.3 is 5.32 Å². The summed E-state index contributed by atoms with van der Waals surface area (Å²) in [6, 6.07) is 0. The minimum absolute atomic E-state index is 0.194. The lowest BCUT2D eigenvalue weighted by Gasteiger charge is -2.34. The van der Waals surface area contributed by atoms with Crippen molar-refractivity contribution in [2.24, 2.45) is 18.4 Å². The zero-order valence-electron chi connectivity index (χ0n) is 12.5. The highest BCUT2D eigenvalue weighted by Gasteiger charge is 2.30. The van der Waals surface area contributed by atoms with Crippen LogP contribution in [0.2, 0.25) is 5.02 Å². The Kier molecular flexibility index (Phi) is 5.23. The summed E-state index contributed by atoms with van der Waals surface area (Å²) in [6.45, 7) is 13.0. The van der Waals surface area contributed by atoms with Gasteiger partial charge in [-0.15, -0.1) is 0 Å². The first-order chi connectivity index (χ1) is 8.31. The van der Waals surface area contributed by atoms with Crippen LogP contribution < -0.4 is 5.32 Å². The van der Waals surface area contributed by atoms with E-state index in [2.05, 4.69) is 38.1 Å². The van der Waals surface area contributed by atoms with Crippen molar-refractivity contribution in [3.8, 4) is 0 Å². The van der Waals surface area contributed by atoms with Crippen LogP contribution in [0, 0.1) is 18.3 Å². The minimum atomic E-state index is 0.194. The van der Waals surface area contributed by atoms with Gasteiger partial charge in [0.1, 0.15) is 0 Å². The average Bonchev–Trinajstić information content (AvgIpc) is 2.53. The molecule has 1 aromatic rings. The summed E-state index contributed by atoms with van der Waals surface area (Å²) in [4.78, 5) is 0. The number of hydrogen-bond donors (Lipinski definition) is 1. The predicted octanol–water partition coefficient (Wildman–Crippen LogP) is 3.20. The Labute approximate surface area is 116 Å². The Hall–Kier alpha value is -0.540. The van der Waals surface area contributed by atoms with Crippen molar-refractivity contribution in [2.45, 2.75) is 41.0 Å². The van der Waals surface area contributed by atoms with E-state index in [1.165, 1.54) is 0 Å². The largest absolute Gasteiger partial charge is 0.316 e. The summed E-state index contributed by atoms with van der Waals surface area (Å²) in [5, 5.41) is 8.68. The second-order valence-corrected chi connectivity index (χ2v) is 6.11. The van der Waals surface area contributed by atoms with Crippen molar-refractivity contribution < 1.29 is 0 Å². The van der Waals surface area contributed by atoms with E-state index in [1.54, 1.807) is 0 Å². The van der Waals surface area contributed by atoms with Gasteiger partial charge in [-0.05, 0) is 31.2 Å². The maximum Gasteiger partial charge on any atom is 0.0847 e. The molecule has 0 fully saturated rings. The van der Waals surface area contributed by atoms with Gasteiger partial charge in [0.05, 0.1) is 16.4 Å². The summed E-state index contributed by atoms with van der Waals surface area (Å²) in [5.41, 5.74) is 2.26. The predicted molar refractivity (Wildman–Crippen MR) is 78.1 cm³/mol. The molecule has 1 aromatic heterocycles. The first kappa shape index (κ1) is 15.5. The molecule has 0 saturated carbocycles. The smallest absolute Gasteiger partial charge is 0.0847 e. The molecule has 1 rings (SSSR count). The van der Waals surface area contributed by atoms with Gasteiger partial charge in [-0.2, -0.15) is 5.10 Å². The van der Waals surface area contributed by atoms with Crippen LogP contribution in [-0.4, -0.2) is 22.9 Å². The Morgan fingerprint density at radius 3 is 2.44 bits per heavy atom. The summed E-state index contributed by atoms with van der Waals surface area (Å²) >= 11 is 6.36. The molecule has 104 valence electrons. The number of nitrogens with zero attached hydrogens (tertiary/aromatic N) is 2. The first-order valence-electron chi connectivity index (χ1n) is 6.70. The van der Waals surface area contributed by atoms with Crippen molar-refractivity contribution in [2.75, 3.05) is 13.1 Å². The Morgan fingerprint density at radius 1 is 1.44 bits per heavy atom. The molecule has 1 heterocycles. The van der Waals surface area contributed by atoms with Crippen LogP contribution in [0.5, 0.6) is 0 Å². The molecule has 3 nitrogen and oxygen atoms in total. The SMILES string of the molecule is CCNCC(C)(Cc1c(Cl)c(C)nn1C)C(C)C. The molecule has 1 atom stereocenters. The molecule has 0 aliphatic heterocycles. The van der Waals surface area contributed by atoms with Gasteiger partial charge in [0, 0.05) is 13.6 Å². The summed E-state index contributed by atoms with van der Waals surface area (Å²) in [7, 11) is 1.97. The van der Waals surface area contributed by atoms with E-state index in [0.29, 0.717) is 5.92 Å². The van der Waals surface area contributed by atoms with Crippen molar-refractivity contribution in [3.05, 3.63) is 16.4 Å². The van der Waals surface area contributed by atoms with Crippen LogP contribution in [0.25, 0.3) is 0 Å². The molecule has 0 aromatic carbocycles. The molecular weight excluding hydrogens is 246 g/mol. The maximum absolute atomic E-state index is 6.36. The van der Waals surface area contributed by atoms with E-state index >= 15 is 0 Å². The molecule has 0 saturated heterocycles. The molecule has 0 aliphatic rings. The van der Waals surface area contributed by atoms with E-state index < -0.39 is 0 Å². The van der Waals surface area contributed by atoms with Gasteiger partial charge in [0.25, 0.3) is 0 Å². The van der Waals surface area contributed by atoms with Gasteiger partial charge in [-0.1, -0.05) is 39.3 Å². The molecule has 18 heavy (non-hydrogen) atoms. The average molecular weight is 272 g/mol. The van der Waals surface area contributed by atoms with Crippen molar-refractivity contribution in [1.29, 1.82) is 0 Å². The van der Waals surface area contributed by atoms with Crippen LogP contribution >= 0.6 is 11.6 Å². The fourth-order valence-electron chi connectivity index (χ4n) is 2.14. The molecule has 4 heteroatoms. The first-order valence-corrected chi connectivity index (χ1v) is 7.08. The topological polar surface area (TPSA) is 29.9 Å². The van der Waals surface area contributed by atoms with Gasteiger partial charge in [-0.3, -0.25) is 4.68 Å². The van der Waals surface area contributed by atoms with Gasteiger partial charge in [0.15, 0.2) is 0 Å². The van der Waals surface area contributed by atoms with Crippen molar-refractivity contribution in [3.63, 3.8) is 0 Å². The lowest BCUT2D eigenvalue weighted by Crippen LogP contribution is -2.38. The summed E-state index contributed by atoms with van der Waals surface area (Å²) in [5.74, 6) is 0.586. The van der Waals surface area contributed by atoms with E-state index in [4.69, 9.17) is 11.6 Å². The fraction of sp³-hybridized carbons (Fsp3) is 0.786. The van der Waals surface area contributed by atoms with Gasteiger partial charge >= 0.3 is 0 Å². The third-order valence-corrected chi connectivity index (χ3v) is 4.50. The second-order valence-electron chi connectivity index (χ2n) is 5.74. The quantitative estimate of drug-likeness (QED) is 0.861. The van der Waals surface area contributed by atoms with Crippen molar-refractivity contribution >= 4 is 11.6 Å². The normalized spacial score (nSPS) is 15.1. The zero-order chi connectivity index (χ0) is 13.9. The standard InChI is InChI=1S/C14H26ClN3/c1-7-16-9-14(5,10(2)3)8-12-13(15)11(4)17-18(12)6/h10,16H,7-9H2,1-6H3. The third-order valence-electron chi connectivity index (χ3n) is 4.01. The number of halogens is 1. The van der Waals surface area contributed by atoms with E-state index in [0.717, 1.165) is 35.9 Å². The monoisotopic (exact) mass is 271 g/mol. The van der Waals surface area contributed by atoms with Crippen LogP contribution in [0.1, 0.15) is 39.1 Å². The van der Waals surface area contributed by atoms with Gasteiger partial charge in [-0.25, -0.2) is 0 Å². The van der Waals surface area contributed by atoms with Crippen LogP contribution in [0.15, 0.2) is 0 Å². The number of hydrogen-bond acceptors (Lipinski definition) is 2. The third kappa shape index (κ3) is 3.27. The van der Waals surface area contributed by atoms with E-state index in [1.807, 2.05) is 18.7 Å². The highest BCUT2D eigenvalue weighted by atomic mass is 35.5. The fourth-order valence-corrected chi connectivity index (χ4v) is 2.36. The van der Waals surface area contributed by atoms with Crippen molar-refractivity contribution in [1.82, 2.24) is 15.1 Å². The number of aromatic nitrogens is 2. The number of nitrogens with one attached hydrogen (secondary N) is 1. The molecule has 0 radical (unpaired) electrons. The highest BCUT2D eigenvalue weighted by Crippen LogP contribution is 2.33. The molecule has 1 N–H and O–H groups in total. The van der Waals surface area contributed by atoms with Crippen LogP contribution in [0.3, 0.4) is 0 Å². The zero-order valence-corrected chi connectivity index (χ0v) is 13.2. The second kappa shape index (κ2) is 6.07. The molecule has 0 spiro atoms. The molecule has 1 unspecified atom stereocenters. The summed E-state index contributed by atoms with van der Waals surface area (Å²) < 4.78 is 1.92. The van der Waals surface area contributed by atoms with Gasteiger partial charge in [0.2, 0.25) is 0 Å². The van der Waals surface area contributed by atoms with Crippen LogP contribution in [0.4, 0.5) is 0 Å². The molecule has 0 bridgehead atoms.